The molecule has 2 aromatic rings. The van der Waals surface area contributed by atoms with Crippen molar-refractivity contribution in [2.45, 2.75) is 23.7 Å². The summed E-state index contributed by atoms with van der Waals surface area (Å²) in [6, 6.07) is 5.84. The summed E-state index contributed by atoms with van der Waals surface area (Å²) in [6.07, 6.45) is 1.47. The van der Waals surface area contributed by atoms with Crippen molar-refractivity contribution in [2.75, 3.05) is 11.1 Å². The number of nitrogens with zero attached hydrogens (tertiary/aromatic N) is 2. The highest BCUT2D eigenvalue weighted by molar-refractivity contribution is 7.99. The molecule has 0 radical (unpaired) electrons. The quantitative estimate of drug-likeness (QED) is 0.596. The minimum absolute atomic E-state index is 0.104. The number of carbonyl (C=O) groups is 2. The van der Waals surface area contributed by atoms with E-state index in [4.69, 9.17) is 10.5 Å². The van der Waals surface area contributed by atoms with Gasteiger partial charge in [0.05, 0.1) is 0 Å². The van der Waals surface area contributed by atoms with Gasteiger partial charge in [0.2, 0.25) is 0 Å². The molecule has 3 N–H and O–H groups in total. The standard InChI is InChI=1S/C15H14F2N4O3S/c1-8(24-14(23)11-12(18)20-7-6-19-11)13(22)21-9-2-4-10(5-3-9)25-15(16)17/h2-8,15H,1H3,(H2,18,20)(H,21,22)/t8-/m1/s1. The second kappa shape index (κ2) is 8.38. The first-order chi connectivity index (χ1) is 11.9. The monoisotopic (exact) mass is 368 g/mol. The first-order valence-electron chi connectivity index (χ1n) is 7.00. The molecule has 0 saturated carbocycles. The van der Waals surface area contributed by atoms with Gasteiger partial charge < -0.3 is 15.8 Å². The summed E-state index contributed by atoms with van der Waals surface area (Å²) in [6.45, 7) is 1.38. The molecule has 7 nitrogen and oxygen atoms in total. The molecule has 0 unspecified atom stereocenters. The fourth-order valence-corrected chi connectivity index (χ4v) is 2.24. The van der Waals surface area contributed by atoms with Gasteiger partial charge in [-0.15, -0.1) is 0 Å². The molecule has 1 heterocycles. The number of aromatic nitrogens is 2. The number of hydrogen-bond donors (Lipinski definition) is 2. The van der Waals surface area contributed by atoms with Crippen LogP contribution in [-0.2, 0) is 9.53 Å². The van der Waals surface area contributed by atoms with Gasteiger partial charge >= 0.3 is 5.97 Å². The predicted octanol–water partition coefficient (Wildman–Crippen LogP) is 2.56. The van der Waals surface area contributed by atoms with Gasteiger partial charge in [-0.3, -0.25) is 4.79 Å². The van der Waals surface area contributed by atoms with Crippen molar-refractivity contribution in [1.82, 2.24) is 9.97 Å². The number of hydrogen-bond acceptors (Lipinski definition) is 7. The van der Waals surface area contributed by atoms with Crippen LogP contribution in [0.1, 0.15) is 17.4 Å². The Morgan fingerprint density at radius 1 is 1.20 bits per heavy atom. The van der Waals surface area contributed by atoms with Gasteiger partial charge in [-0.1, -0.05) is 11.8 Å². The highest BCUT2D eigenvalue weighted by Crippen LogP contribution is 2.26. The fraction of sp³-hybridized carbons (Fsp3) is 0.200. The number of amides is 1. The number of ether oxygens (including phenoxy) is 1. The number of thioether (sulfide) groups is 1. The lowest BCUT2D eigenvalue weighted by Gasteiger charge is -2.13. The van der Waals surface area contributed by atoms with Crippen LogP contribution in [0, 0.1) is 0 Å². The van der Waals surface area contributed by atoms with Crippen LogP contribution in [-0.4, -0.2) is 33.7 Å². The third kappa shape index (κ3) is 5.38. The molecule has 0 spiro atoms. The van der Waals surface area contributed by atoms with Crippen molar-refractivity contribution in [3.05, 3.63) is 42.4 Å². The molecule has 0 saturated heterocycles. The van der Waals surface area contributed by atoms with E-state index in [1.807, 2.05) is 0 Å². The number of esters is 1. The Labute approximate surface area is 146 Å². The maximum Gasteiger partial charge on any atom is 0.361 e. The van der Waals surface area contributed by atoms with E-state index in [1.54, 1.807) is 0 Å². The highest BCUT2D eigenvalue weighted by Gasteiger charge is 2.21. The number of nitrogens with two attached hydrogens (primary N) is 1. The minimum atomic E-state index is -2.52. The maximum absolute atomic E-state index is 12.3. The van der Waals surface area contributed by atoms with Crippen molar-refractivity contribution in [3.8, 4) is 0 Å². The normalized spacial score (nSPS) is 11.8. The van der Waals surface area contributed by atoms with Crippen molar-refractivity contribution in [3.63, 3.8) is 0 Å². The van der Waals surface area contributed by atoms with Crippen LogP contribution >= 0.6 is 11.8 Å². The van der Waals surface area contributed by atoms with Crippen LogP contribution in [0.4, 0.5) is 20.3 Å². The van der Waals surface area contributed by atoms with E-state index < -0.39 is 23.7 Å². The number of benzene rings is 1. The summed E-state index contributed by atoms with van der Waals surface area (Å²) in [5.41, 5.74) is 5.71. The van der Waals surface area contributed by atoms with E-state index in [9.17, 15) is 18.4 Å². The van der Waals surface area contributed by atoms with E-state index in [-0.39, 0.29) is 11.5 Å². The number of carbonyl (C=O) groups excluding carboxylic acids is 2. The maximum atomic E-state index is 12.3. The Bertz CT molecular complexity index is 759. The van der Waals surface area contributed by atoms with Gasteiger partial charge in [-0.2, -0.15) is 8.78 Å². The molecular weight excluding hydrogens is 354 g/mol. The van der Waals surface area contributed by atoms with Crippen molar-refractivity contribution in [1.29, 1.82) is 0 Å². The largest absolute Gasteiger partial charge is 0.448 e. The number of nitrogen functional groups attached to an aromatic ring is 1. The van der Waals surface area contributed by atoms with Crippen LogP contribution in [0.25, 0.3) is 0 Å². The van der Waals surface area contributed by atoms with Gasteiger partial charge in [0.1, 0.15) is 0 Å². The van der Waals surface area contributed by atoms with Crippen LogP contribution in [0.3, 0.4) is 0 Å². The molecular formula is C15H14F2N4O3S. The third-order valence-corrected chi connectivity index (χ3v) is 3.64. The van der Waals surface area contributed by atoms with E-state index in [2.05, 4.69) is 15.3 Å². The van der Waals surface area contributed by atoms with E-state index >= 15 is 0 Å². The molecule has 25 heavy (non-hydrogen) atoms. The molecule has 0 aliphatic rings. The third-order valence-electron chi connectivity index (χ3n) is 2.92. The second-order valence-corrected chi connectivity index (χ2v) is 5.79. The van der Waals surface area contributed by atoms with Crippen LogP contribution in [0.15, 0.2) is 41.6 Å². The van der Waals surface area contributed by atoms with E-state index in [0.717, 1.165) is 0 Å². The molecule has 1 amide bonds. The minimum Gasteiger partial charge on any atom is -0.448 e. The first kappa shape index (κ1) is 18.6. The number of rotatable bonds is 6. The van der Waals surface area contributed by atoms with Crippen LogP contribution < -0.4 is 11.1 Å². The van der Waals surface area contributed by atoms with Gasteiger partial charge in [-0.25, -0.2) is 14.8 Å². The molecule has 0 fully saturated rings. The van der Waals surface area contributed by atoms with Crippen LogP contribution in [0.2, 0.25) is 0 Å². The van der Waals surface area contributed by atoms with E-state index in [0.29, 0.717) is 22.3 Å². The molecule has 132 valence electrons. The molecule has 0 aliphatic carbocycles. The van der Waals surface area contributed by atoms with Gasteiger partial charge in [0.15, 0.2) is 17.6 Å². The second-order valence-electron chi connectivity index (χ2n) is 4.73. The Balaban J connectivity index is 1.94. The van der Waals surface area contributed by atoms with Gasteiger partial charge in [0.25, 0.3) is 11.7 Å². The molecule has 1 aromatic carbocycles. The van der Waals surface area contributed by atoms with Gasteiger partial charge in [-0.05, 0) is 31.2 Å². The molecule has 0 aliphatic heterocycles. The number of alkyl halides is 2. The molecule has 0 bridgehead atoms. The summed E-state index contributed by atoms with van der Waals surface area (Å²) in [7, 11) is 0. The zero-order valence-corrected chi connectivity index (χ0v) is 13.8. The van der Waals surface area contributed by atoms with Crippen LogP contribution in [0.5, 0.6) is 0 Å². The average molecular weight is 368 g/mol. The van der Waals surface area contributed by atoms with Crippen molar-refractivity contribution in [2.24, 2.45) is 0 Å². The Hall–Kier alpha value is -2.75. The summed E-state index contributed by atoms with van der Waals surface area (Å²) in [5, 5.41) is 2.51. The predicted molar refractivity (Wildman–Crippen MR) is 88.3 cm³/mol. The Morgan fingerprint density at radius 3 is 2.44 bits per heavy atom. The number of anilines is 2. The average Bonchev–Trinajstić information content (AvgIpc) is 2.56. The zero-order chi connectivity index (χ0) is 18.4. The first-order valence-corrected chi connectivity index (χ1v) is 7.88. The fourth-order valence-electron chi connectivity index (χ4n) is 1.74. The molecule has 10 heteroatoms. The summed E-state index contributed by atoms with van der Waals surface area (Å²) in [5.74, 6) is -4.09. The topological polar surface area (TPSA) is 107 Å². The summed E-state index contributed by atoms with van der Waals surface area (Å²) in [4.78, 5) is 31.8. The summed E-state index contributed by atoms with van der Waals surface area (Å²) < 4.78 is 29.5. The lowest BCUT2D eigenvalue weighted by atomic mass is 10.3. The number of nitrogens with one attached hydrogen (secondary N) is 1. The molecule has 2 rings (SSSR count). The van der Waals surface area contributed by atoms with Gasteiger partial charge in [0, 0.05) is 23.0 Å². The highest BCUT2D eigenvalue weighted by atomic mass is 32.2. The molecule has 1 atom stereocenters. The summed E-state index contributed by atoms with van der Waals surface area (Å²) >= 11 is 0.400. The Morgan fingerprint density at radius 2 is 1.84 bits per heavy atom. The smallest absolute Gasteiger partial charge is 0.361 e. The van der Waals surface area contributed by atoms with E-state index in [1.165, 1.54) is 43.6 Å². The lowest BCUT2D eigenvalue weighted by molar-refractivity contribution is -0.123. The van der Waals surface area contributed by atoms with Crippen molar-refractivity contribution >= 4 is 35.1 Å². The Kier molecular flexibility index (Phi) is 6.23. The molecule has 1 aromatic heterocycles. The SMILES string of the molecule is C[C@@H](OC(=O)c1nccnc1N)C(=O)Nc1ccc(SC(F)F)cc1. The lowest BCUT2D eigenvalue weighted by Crippen LogP contribution is -2.30. The van der Waals surface area contributed by atoms with Crippen molar-refractivity contribution < 1.29 is 23.1 Å². The zero-order valence-electron chi connectivity index (χ0n) is 13.0. The number of halogens is 2.